The van der Waals surface area contributed by atoms with E-state index in [2.05, 4.69) is 26.6 Å². The maximum atomic E-state index is 14.1. The maximum absolute atomic E-state index is 14.1. The lowest BCUT2D eigenvalue weighted by atomic mass is 9.86. The van der Waals surface area contributed by atoms with Gasteiger partial charge in [-0.3, -0.25) is 33.6 Å². The van der Waals surface area contributed by atoms with Crippen LogP contribution in [0.15, 0.2) is 53.3 Å². The van der Waals surface area contributed by atoms with E-state index in [0.29, 0.717) is 22.5 Å². The number of pyridine rings is 2. The SMILES string of the molecule is CC[C@@]1(O)C(=O)OCc2c1cc1n(c2=O)Cc2c-1nc1ccccc1c2CCN(C(=O)OCc1ccc(NC(=O)[C@H](C)NC(=O)[C@@H](NC(=O)CCOCCOCCOCCOCCNC(=O)[C@H](CCC(=O)O)NC(=O)CCN)C(C)C)c(O[C@@H]2O[C@H](C(=O)O)[C@@H](O)[C@H](O)[C@H]2O)c1)C(C)C. The number of rotatable bonds is 38. The highest BCUT2D eigenvalue weighted by atomic mass is 16.7. The third-order valence-corrected chi connectivity index (χ3v) is 16.7. The Labute approximate surface area is 569 Å². The molecule has 0 aliphatic carbocycles. The van der Waals surface area contributed by atoms with Crippen molar-refractivity contribution in [1.82, 2.24) is 35.7 Å². The number of aromatic nitrogens is 2. The van der Waals surface area contributed by atoms with Gasteiger partial charge in [-0.1, -0.05) is 45.0 Å². The van der Waals surface area contributed by atoms with Crippen LogP contribution in [0.4, 0.5) is 10.5 Å². The molecular formula is C66H89N9O24. The van der Waals surface area contributed by atoms with Gasteiger partial charge < -0.3 is 110 Å². The summed E-state index contributed by atoms with van der Waals surface area (Å²) in [5.74, 6) is -7.48. The van der Waals surface area contributed by atoms with Crippen molar-refractivity contribution < 1.29 is 112 Å². The average Bonchev–Trinajstić information content (AvgIpc) is 1.61. The second-order valence-corrected chi connectivity index (χ2v) is 24.4. The van der Waals surface area contributed by atoms with Crippen LogP contribution in [-0.4, -0.2) is 226 Å². The van der Waals surface area contributed by atoms with Crippen LogP contribution in [0.5, 0.6) is 5.75 Å². The van der Waals surface area contributed by atoms with Gasteiger partial charge in [-0.2, -0.15) is 0 Å². The molecule has 2 aromatic heterocycles. The number of benzene rings is 2. The fourth-order valence-electron chi connectivity index (χ4n) is 11.2. The number of nitrogens with zero attached hydrogens (tertiary/aromatic N) is 3. The van der Waals surface area contributed by atoms with Crippen molar-refractivity contribution in [2.24, 2.45) is 11.7 Å². The largest absolute Gasteiger partial charge is 0.481 e. The number of aliphatic hydroxyl groups is 4. The number of aliphatic hydroxyl groups excluding tert-OH is 3. The third kappa shape index (κ3) is 20.2. The lowest BCUT2D eigenvalue weighted by Gasteiger charge is -2.38. The molecule has 5 heterocycles. The number of hydrogen-bond donors (Lipinski definition) is 12. The molecule has 13 N–H and O–H groups in total. The molecule has 9 atom stereocenters. The number of anilines is 1. The quantitative estimate of drug-likeness (QED) is 0.0180. The lowest BCUT2D eigenvalue weighted by molar-refractivity contribution is -0.271. The van der Waals surface area contributed by atoms with E-state index in [1.165, 1.54) is 34.6 Å². The second kappa shape index (κ2) is 36.4. The second-order valence-electron chi connectivity index (χ2n) is 24.4. The van der Waals surface area contributed by atoms with Gasteiger partial charge in [0.05, 0.1) is 87.6 Å². The fourth-order valence-corrected chi connectivity index (χ4v) is 11.2. The van der Waals surface area contributed by atoms with Crippen LogP contribution in [0.1, 0.15) is 101 Å². The normalized spacial score (nSPS) is 19.4. The number of hydrogen-bond acceptors (Lipinski definition) is 24. The monoisotopic (exact) mass is 1390 g/mol. The first kappa shape index (κ1) is 77.6. The predicted octanol–water partition coefficient (Wildman–Crippen LogP) is -0.205. The molecule has 33 heteroatoms. The fraction of sp³-hybridized carbons (Fsp3) is 0.561. The Hall–Kier alpha value is -8.77. The van der Waals surface area contributed by atoms with Crippen molar-refractivity contribution in [3.8, 4) is 17.1 Å². The van der Waals surface area contributed by atoms with E-state index in [-0.39, 0.29) is 152 Å². The van der Waals surface area contributed by atoms with Gasteiger partial charge in [0.25, 0.3) is 5.56 Å². The number of aliphatic carboxylic acids is 2. The molecule has 3 aliphatic heterocycles. The number of carbonyl (C=O) groups excluding carboxylic acids is 7. The van der Waals surface area contributed by atoms with E-state index in [9.17, 15) is 73.5 Å². The summed E-state index contributed by atoms with van der Waals surface area (Å²) in [6.45, 7) is 10.9. The Morgan fingerprint density at radius 2 is 1.44 bits per heavy atom. The number of carbonyl (C=O) groups is 9. The highest BCUT2D eigenvalue weighted by Gasteiger charge is 2.49. The van der Waals surface area contributed by atoms with Crippen molar-refractivity contribution in [3.05, 3.63) is 86.7 Å². The minimum Gasteiger partial charge on any atom is -0.481 e. The molecule has 0 spiro atoms. The van der Waals surface area contributed by atoms with Gasteiger partial charge in [0.1, 0.15) is 55.4 Å². The Morgan fingerprint density at radius 3 is 2.09 bits per heavy atom. The van der Waals surface area contributed by atoms with E-state index < -0.39 is 132 Å². The van der Waals surface area contributed by atoms with Crippen molar-refractivity contribution in [2.45, 2.75) is 160 Å². The first-order chi connectivity index (χ1) is 47.2. The highest BCUT2D eigenvalue weighted by Crippen LogP contribution is 2.41. The van der Waals surface area contributed by atoms with Crippen LogP contribution >= 0.6 is 0 Å². The molecule has 3 aliphatic rings. The zero-order valence-corrected chi connectivity index (χ0v) is 56.0. The summed E-state index contributed by atoms with van der Waals surface area (Å²) in [4.78, 5) is 135. The number of fused-ring (bicyclic) bond motifs is 5. The molecule has 6 amide bonds. The van der Waals surface area contributed by atoms with Crippen molar-refractivity contribution in [1.29, 1.82) is 0 Å². The molecule has 0 saturated carbocycles. The Kier molecular flexibility index (Phi) is 28.5. The van der Waals surface area contributed by atoms with Crippen LogP contribution < -0.4 is 42.6 Å². The van der Waals surface area contributed by atoms with Crippen LogP contribution in [0.3, 0.4) is 0 Å². The number of carboxylic acids is 2. The number of esters is 1. The maximum Gasteiger partial charge on any atom is 0.410 e. The lowest BCUT2D eigenvalue weighted by Crippen LogP contribution is -2.61. The molecule has 0 bridgehead atoms. The number of amides is 6. The van der Waals surface area contributed by atoms with E-state index in [1.807, 2.05) is 24.3 Å². The van der Waals surface area contributed by atoms with Crippen LogP contribution in [0.2, 0.25) is 0 Å². The minimum atomic E-state index is -2.07. The van der Waals surface area contributed by atoms with Crippen molar-refractivity contribution in [3.63, 3.8) is 0 Å². The zero-order chi connectivity index (χ0) is 72.3. The van der Waals surface area contributed by atoms with E-state index in [1.54, 1.807) is 40.7 Å². The Bertz CT molecular complexity index is 3610. The summed E-state index contributed by atoms with van der Waals surface area (Å²) in [5.41, 5.74) is 6.37. The summed E-state index contributed by atoms with van der Waals surface area (Å²) < 4.78 is 45.9. The molecule has 1 saturated heterocycles. The van der Waals surface area contributed by atoms with Gasteiger partial charge >= 0.3 is 24.0 Å². The Morgan fingerprint density at radius 1 is 0.778 bits per heavy atom. The molecule has 1 fully saturated rings. The number of carboxylic acid groups (broad SMARTS) is 2. The molecule has 2 aromatic carbocycles. The zero-order valence-electron chi connectivity index (χ0n) is 56.0. The summed E-state index contributed by atoms with van der Waals surface area (Å²) in [6, 6.07) is 9.23. The molecule has 99 heavy (non-hydrogen) atoms. The average molecular weight is 1390 g/mol. The molecule has 0 radical (unpaired) electrons. The third-order valence-electron chi connectivity index (χ3n) is 16.7. The first-order valence-electron chi connectivity index (χ1n) is 32.6. The summed E-state index contributed by atoms with van der Waals surface area (Å²) >= 11 is 0. The molecule has 0 unspecified atom stereocenters. The van der Waals surface area contributed by atoms with Crippen LogP contribution in [-0.2, 0) is 103 Å². The molecule has 7 rings (SSSR count). The number of nitrogens with two attached hydrogens (primary N) is 1. The van der Waals surface area contributed by atoms with Crippen LogP contribution in [0, 0.1) is 5.92 Å². The van der Waals surface area contributed by atoms with E-state index in [4.69, 9.17) is 53.7 Å². The molecule has 33 nitrogen and oxygen atoms in total. The molecule has 542 valence electrons. The van der Waals surface area contributed by atoms with E-state index in [0.717, 1.165) is 10.9 Å². The number of cyclic esters (lactones) is 1. The van der Waals surface area contributed by atoms with Gasteiger partial charge in [-0.15, -0.1) is 0 Å². The van der Waals surface area contributed by atoms with Gasteiger partial charge in [-0.25, -0.2) is 19.4 Å². The smallest absolute Gasteiger partial charge is 0.410 e. The summed E-state index contributed by atoms with van der Waals surface area (Å²) in [7, 11) is 0. The summed E-state index contributed by atoms with van der Waals surface area (Å²) in [5, 5.41) is 75.9. The topological polar surface area (TPSA) is 473 Å². The summed E-state index contributed by atoms with van der Waals surface area (Å²) in [6.07, 6.45) is -11.3. The van der Waals surface area contributed by atoms with Crippen molar-refractivity contribution in [2.75, 3.05) is 77.8 Å². The minimum absolute atomic E-state index is 0.00949. The highest BCUT2D eigenvalue weighted by molar-refractivity contribution is 5.99. The van der Waals surface area contributed by atoms with E-state index >= 15 is 0 Å². The predicted molar refractivity (Wildman–Crippen MR) is 348 cm³/mol. The number of nitrogens with one attached hydrogen (secondary N) is 5. The molecule has 4 aromatic rings. The van der Waals surface area contributed by atoms with Gasteiger partial charge in [0.15, 0.2) is 11.7 Å². The van der Waals surface area contributed by atoms with Gasteiger partial charge in [0.2, 0.25) is 35.8 Å². The standard InChI is InChI=1S/C66H89N9O24/c1-7-66(91)43-31-47-53-41(32-75(47)61(86)42(43)34-96-64(66)89)39(40-10-8-9-11-44(40)71-53)17-21-74(36(4)5)65(90)97-33-38-12-13-45(48(30-38)98-63-56(82)54(80)55(81)57(99-63)62(87)88)72-58(83)37(6)69-60(85)52(35(2)3)73-50(77)18-22-92-24-26-94-28-29-95-27-25-93-23-20-68-59(84)46(14-15-51(78)79)70-49(76)16-19-67/h8-13,30-31,35-37,46,52,54-57,63,80-82,91H,7,14-29,32-34,67H2,1-6H3,(H,68,84)(H,69,85)(H,70,76)(H,72,83)(H,73,77)(H,78,79)(H,87,88)/t37-,46-,52-,54-,55-,56+,57-,63+,66-/m0/s1. The van der Waals surface area contributed by atoms with Crippen LogP contribution in [0.25, 0.3) is 22.3 Å². The van der Waals surface area contributed by atoms with Gasteiger partial charge in [-0.05, 0) is 81.3 Å². The Balaban J connectivity index is 0.897. The van der Waals surface area contributed by atoms with Gasteiger partial charge in [0, 0.05) is 61.5 Å². The number of para-hydroxylation sites is 1. The van der Waals surface area contributed by atoms with Crippen molar-refractivity contribution >= 4 is 70.1 Å². The number of ether oxygens (including phenoxy) is 8. The molecular weight excluding hydrogens is 1300 g/mol. The first-order valence-corrected chi connectivity index (χ1v) is 32.6.